The standard InChI is InChI=1S/C42H26/c1-2-10-27(11-3-1)28-20-22-31(23-21-28)40-33-15-4-6-17-35(33)42(36-18-7-5-16-34(36)40)38-26-32-14-8-12-29-24-25-30-13-9-19-37(38)41(30)39(29)32/h1-26H. The van der Waals surface area contributed by atoms with Gasteiger partial charge in [0.05, 0.1) is 0 Å². The van der Waals surface area contributed by atoms with Gasteiger partial charge in [-0.25, -0.2) is 0 Å². The van der Waals surface area contributed by atoms with E-state index in [2.05, 4.69) is 158 Å². The molecule has 0 atom stereocenters. The highest BCUT2D eigenvalue weighted by Gasteiger charge is 2.20. The Morgan fingerprint density at radius 3 is 1.40 bits per heavy atom. The lowest BCUT2D eigenvalue weighted by Crippen LogP contribution is -1.93. The van der Waals surface area contributed by atoms with Crippen LogP contribution in [0.3, 0.4) is 0 Å². The zero-order valence-electron chi connectivity index (χ0n) is 23.0. The molecule has 0 N–H and O–H groups in total. The Kier molecular flexibility index (Phi) is 5.00. The van der Waals surface area contributed by atoms with E-state index in [0.29, 0.717) is 0 Å². The van der Waals surface area contributed by atoms with Gasteiger partial charge in [-0.15, -0.1) is 0 Å². The van der Waals surface area contributed by atoms with E-state index in [1.807, 2.05) is 0 Å². The summed E-state index contributed by atoms with van der Waals surface area (Å²) in [6.45, 7) is 0. The van der Waals surface area contributed by atoms with Crippen molar-refractivity contribution in [3.63, 3.8) is 0 Å². The summed E-state index contributed by atoms with van der Waals surface area (Å²) in [6, 6.07) is 58.0. The summed E-state index contributed by atoms with van der Waals surface area (Å²) in [6.07, 6.45) is 0. The van der Waals surface area contributed by atoms with Gasteiger partial charge in [0, 0.05) is 0 Å². The van der Waals surface area contributed by atoms with Crippen molar-refractivity contribution < 1.29 is 0 Å². The molecule has 0 heteroatoms. The minimum Gasteiger partial charge on any atom is -0.0622 e. The van der Waals surface area contributed by atoms with Gasteiger partial charge < -0.3 is 0 Å². The lowest BCUT2D eigenvalue weighted by Gasteiger charge is -2.20. The van der Waals surface area contributed by atoms with Gasteiger partial charge in [-0.1, -0.05) is 152 Å². The fourth-order valence-corrected chi connectivity index (χ4v) is 7.16. The predicted octanol–water partition coefficient (Wildman–Crippen LogP) is 11.9. The van der Waals surface area contributed by atoms with E-state index in [-0.39, 0.29) is 0 Å². The number of hydrogen-bond donors (Lipinski definition) is 0. The first-order valence-electron chi connectivity index (χ1n) is 14.6. The second-order valence-corrected chi connectivity index (χ2v) is 11.3. The van der Waals surface area contributed by atoms with Gasteiger partial charge >= 0.3 is 0 Å². The average molecular weight is 531 g/mol. The molecule has 42 heavy (non-hydrogen) atoms. The number of benzene rings is 9. The van der Waals surface area contributed by atoms with Crippen LogP contribution in [0, 0.1) is 0 Å². The van der Waals surface area contributed by atoms with Gasteiger partial charge in [0.1, 0.15) is 0 Å². The Bertz CT molecular complexity index is 2370. The largest absolute Gasteiger partial charge is 0.0622 e. The van der Waals surface area contributed by atoms with Crippen LogP contribution in [-0.2, 0) is 0 Å². The van der Waals surface area contributed by atoms with Crippen molar-refractivity contribution in [2.24, 2.45) is 0 Å². The van der Waals surface area contributed by atoms with Crippen LogP contribution in [0.2, 0.25) is 0 Å². The Morgan fingerprint density at radius 2 is 0.738 bits per heavy atom. The fourth-order valence-electron chi connectivity index (χ4n) is 7.16. The SMILES string of the molecule is c1ccc(-c2ccc(-c3c4ccccc4c(-c4cc5cccc6ccc7cccc4c7c65)c4ccccc34)cc2)cc1. The summed E-state index contributed by atoms with van der Waals surface area (Å²) in [5.41, 5.74) is 7.61. The molecule has 0 aromatic heterocycles. The quantitative estimate of drug-likeness (QED) is 0.157. The molecule has 0 amide bonds. The molecule has 0 saturated carbocycles. The Morgan fingerprint density at radius 1 is 0.262 bits per heavy atom. The van der Waals surface area contributed by atoms with Crippen molar-refractivity contribution in [2.75, 3.05) is 0 Å². The fraction of sp³-hybridized carbons (Fsp3) is 0. The molecule has 0 bridgehead atoms. The number of rotatable bonds is 3. The van der Waals surface area contributed by atoms with Crippen LogP contribution in [0.1, 0.15) is 0 Å². The van der Waals surface area contributed by atoms with Gasteiger partial charge in [0.25, 0.3) is 0 Å². The third-order valence-corrected chi connectivity index (χ3v) is 8.99. The van der Waals surface area contributed by atoms with Gasteiger partial charge in [0.15, 0.2) is 0 Å². The zero-order valence-corrected chi connectivity index (χ0v) is 23.0. The molecule has 0 nitrogen and oxygen atoms in total. The van der Waals surface area contributed by atoms with E-state index in [4.69, 9.17) is 0 Å². The van der Waals surface area contributed by atoms with Crippen LogP contribution >= 0.6 is 0 Å². The second kappa shape index (κ2) is 9.03. The lowest BCUT2D eigenvalue weighted by atomic mass is 9.82. The third kappa shape index (κ3) is 3.36. The normalized spacial score (nSPS) is 11.8. The van der Waals surface area contributed by atoms with E-state index >= 15 is 0 Å². The highest BCUT2D eigenvalue weighted by atomic mass is 14.2. The van der Waals surface area contributed by atoms with Gasteiger partial charge in [-0.3, -0.25) is 0 Å². The molecule has 9 aromatic carbocycles. The maximum absolute atomic E-state index is 2.42. The summed E-state index contributed by atoms with van der Waals surface area (Å²) in [5, 5.41) is 13.0. The van der Waals surface area contributed by atoms with Crippen LogP contribution in [0.15, 0.2) is 158 Å². The van der Waals surface area contributed by atoms with Crippen LogP contribution < -0.4 is 0 Å². The molecule has 0 unspecified atom stereocenters. The molecule has 9 aromatic rings. The Hall–Kier alpha value is -5.46. The molecule has 0 fully saturated rings. The lowest BCUT2D eigenvalue weighted by molar-refractivity contribution is 1.61. The topological polar surface area (TPSA) is 0 Å². The van der Waals surface area contributed by atoms with Gasteiger partial charge in [0.2, 0.25) is 0 Å². The molecule has 0 aliphatic rings. The number of fused-ring (bicyclic) bond motifs is 2. The monoisotopic (exact) mass is 530 g/mol. The maximum Gasteiger partial charge on any atom is -0.00199 e. The van der Waals surface area contributed by atoms with Crippen molar-refractivity contribution in [1.29, 1.82) is 0 Å². The van der Waals surface area contributed by atoms with E-state index < -0.39 is 0 Å². The van der Waals surface area contributed by atoms with Gasteiger partial charge in [-0.2, -0.15) is 0 Å². The molecule has 0 aliphatic heterocycles. The Labute approximate surface area is 244 Å². The van der Waals surface area contributed by atoms with Crippen molar-refractivity contribution in [3.05, 3.63) is 158 Å². The summed E-state index contributed by atoms with van der Waals surface area (Å²) in [7, 11) is 0. The highest BCUT2D eigenvalue weighted by Crippen LogP contribution is 2.47. The van der Waals surface area contributed by atoms with Crippen molar-refractivity contribution in [1.82, 2.24) is 0 Å². The first kappa shape index (κ1) is 23.3. The molecule has 9 rings (SSSR count). The summed E-state index contributed by atoms with van der Waals surface area (Å²) in [5.74, 6) is 0. The van der Waals surface area contributed by atoms with Gasteiger partial charge in [-0.05, 0) is 93.3 Å². The summed E-state index contributed by atoms with van der Waals surface area (Å²) >= 11 is 0. The van der Waals surface area contributed by atoms with Crippen molar-refractivity contribution in [3.8, 4) is 33.4 Å². The van der Waals surface area contributed by atoms with Crippen molar-refractivity contribution >= 4 is 53.9 Å². The molecular formula is C42H26. The molecular weight excluding hydrogens is 504 g/mol. The minimum absolute atomic E-state index is 1.23. The first-order valence-corrected chi connectivity index (χ1v) is 14.6. The summed E-state index contributed by atoms with van der Waals surface area (Å²) < 4.78 is 0. The smallest absolute Gasteiger partial charge is 0.00199 e. The third-order valence-electron chi connectivity index (χ3n) is 8.99. The zero-order chi connectivity index (χ0) is 27.6. The van der Waals surface area contributed by atoms with E-state index in [1.54, 1.807) is 0 Å². The van der Waals surface area contributed by atoms with E-state index in [1.165, 1.54) is 87.2 Å². The molecule has 0 radical (unpaired) electrons. The Balaban J connectivity index is 1.38. The van der Waals surface area contributed by atoms with Crippen LogP contribution in [0.25, 0.3) is 87.2 Å². The molecule has 194 valence electrons. The molecule has 0 spiro atoms. The van der Waals surface area contributed by atoms with Crippen molar-refractivity contribution in [2.45, 2.75) is 0 Å². The second-order valence-electron chi connectivity index (χ2n) is 11.3. The van der Waals surface area contributed by atoms with Crippen LogP contribution in [-0.4, -0.2) is 0 Å². The summed E-state index contributed by atoms with van der Waals surface area (Å²) in [4.78, 5) is 0. The highest BCUT2D eigenvalue weighted by molar-refractivity contribution is 6.30. The van der Waals surface area contributed by atoms with E-state index in [0.717, 1.165) is 0 Å². The van der Waals surface area contributed by atoms with E-state index in [9.17, 15) is 0 Å². The van der Waals surface area contributed by atoms with Crippen LogP contribution in [0.5, 0.6) is 0 Å². The molecule has 0 aliphatic carbocycles. The van der Waals surface area contributed by atoms with Crippen LogP contribution in [0.4, 0.5) is 0 Å². The minimum atomic E-state index is 1.23. The average Bonchev–Trinajstić information content (AvgIpc) is 3.06. The maximum atomic E-state index is 2.42. The molecule has 0 saturated heterocycles. The predicted molar refractivity (Wildman–Crippen MR) is 181 cm³/mol. The molecule has 0 heterocycles. The number of hydrogen-bond acceptors (Lipinski definition) is 0. The first-order chi connectivity index (χ1) is 20.8.